The maximum atomic E-state index is 12.2. The van der Waals surface area contributed by atoms with Gasteiger partial charge < -0.3 is 4.74 Å². The largest absolute Gasteiger partial charge is 0.459 e. The fraction of sp³-hybridized carbons (Fsp3) is 0.917. The summed E-state index contributed by atoms with van der Waals surface area (Å²) in [6, 6.07) is -0.522. The summed E-state index contributed by atoms with van der Waals surface area (Å²) in [5.41, 5.74) is -0.602. The molecule has 0 bridgehead atoms. The lowest BCUT2D eigenvalue weighted by Gasteiger charge is -2.27. The molecule has 1 atom stereocenters. The van der Waals surface area contributed by atoms with Crippen LogP contribution in [-0.4, -0.2) is 41.8 Å². The molecule has 0 aromatic carbocycles. The molecule has 0 amide bonds. The fourth-order valence-electron chi connectivity index (χ4n) is 2.00. The van der Waals surface area contributed by atoms with Gasteiger partial charge in [0.2, 0.25) is 0 Å². The van der Waals surface area contributed by atoms with Crippen molar-refractivity contribution < 1.29 is 22.7 Å². The molecule has 0 N–H and O–H groups in total. The zero-order valence-electron chi connectivity index (χ0n) is 11.0. The van der Waals surface area contributed by atoms with Gasteiger partial charge in [0, 0.05) is 6.54 Å². The first-order valence-electron chi connectivity index (χ1n) is 6.12. The average molecular weight is 267 g/mol. The lowest BCUT2D eigenvalue weighted by Crippen LogP contribution is -2.41. The summed E-state index contributed by atoms with van der Waals surface area (Å²) < 4.78 is 41.7. The van der Waals surface area contributed by atoms with Gasteiger partial charge in [0.15, 0.2) is 0 Å². The molecular weight excluding hydrogens is 247 g/mol. The molecule has 0 unspecified atom stereocenters. The molecule has 106 valence electrons. The van der Waals surface area contributed by atoms with Gasteiger partial charge in [-0.15, -0.1) is 0 Å². The van der Waals surface area contributed by atoms with Crippen molar-refractivity contribution in [3.8, 4) is 0 Å². The molecule has 0 radical (unpaired) electrons. The van der Waals surface area contributed by atoms with Gasteiger partial charge in [0.1, 0.15) is 11.6 Å². The quantitative estimate of drug-likeness (QED) is 0.736. The first-order chi connectivity index (χ1) is 8.08. The lowest BCUT2D eigenvalue weighted by atomic mass is 10.1. The van der Waals surface area contributed by atoms with E-state index in [4.69, 9.17) is 4.74 Å². The number of alkyl halides is 3. The van der Waals surface area contributed by atoms with Crippen molar-refractivity contribution in [2.75, 3.05) is 13.1 Å². The Labute approximate surface area is 105 Å². The molecule has 3 nitrogen and oxygen atoms in total. The number of carbonyl (C=O) groups is 1. The number of ether oxygens (including phenoxy) is 1. The van der Waals surface area contributed by atoms with Crippen LogP contribution in [0.15, 0.2) is 0 Å². The predicted octanol–water partition coefficient (Wildman–Crippen LogP) is 2.74. The smallest absolute Gasteiger partial charge is 0.390 e. The second-order valence-corrected chi connectivity index (χ2v) is 5.59. The van der Waals surface area contributed by atoms with Crippen LogP contribution in [0.4, 0.5) is 13.2 Å². The molecule has 1 aliphatic heterocycles. The van der Waals surface area contributed by atoms with Crippen molar-refractivity contribution >= 4 is 5.97 Å². The van der Waals surface area contributed by atoms with E-state index in [0.717, 1.165) is 6.42 Å². The van der Waals surface area contributed by atoms with E-state index < -0.39 is 30.2 Å². The average Bonchev–Trinajstić information content (AvgIpc) is 2.58. The van der Waals surface area contributed by atoms with E-state index in [1.807, 2.05) is 0 Å². The van der Waals surface area contributed by atoms with E-state index >= 15 is 0 Å². The number of nitrogens with zero attached hydrogens (tertiary/aromatic N) is 1. The molecule has 1 aliphatic rings. The van der Waals surface area contributed by atoms with Crippen LogP contribution in [0.3, 0.4) is 0 Å². The summed E-state index contributed by atoms with van der Waals surface area (Å²) in [6.07, 6.45) is -3.75. The SMILES string of the molecule is CC(C)(C)OC(=O)[C@@H]1CCCN1CCC(F)(F)F. The third kappa shape index (κ3) is 5.25. The monoisotopic (exact) mass is 267 g/mol. The fourth-order valence-corrected chi connectivity index (χ4v) is 2.00. The van der Waals surface area contributed by atoms with Crippen LogP contribution in [0.2, 0.25) is 0 Å². The van der Waals surface area contributed by atoms with Crippen molar-refractivity contribution in [1.29, 1.82) is 0 Å². The van der Waals surface area contributed by atoms with E-state index in [-0.39, 0.29) is 6.54 Å². The van der Waals surface area contributed by atoms with Gasteiger partial charge in [-0.05, 0) is 40.2 Å². The Morgan fingerprint density at radius 2 is 1.94 bits per heavy atom. The Hall–Kier alpha value is -0.780. The standard InChI is InChI=1S/C12H20F3NO2/c1-11(2,3)18-10(17)9-5-4-7-16(9)8-6-12(13,14)15/h9H,4-8H2,1-3H3/t9-/m0/s1. The topological polar surface area (TPSA) is 29.5 Å². The first kappa shape index (κ1) is 15.3. The number of hydrogen-bond donors (Lipinski definition) is 0. The van der Waals surface area contributed by atoms with E-state index in [2.05, 4.69) is 0 Å². The van der Waals surface area contributed by atoms with Crippen molar-refractivity contribution in [3.63, 3.8) is 0 Å². The van der Waals surface area contributed by atoms with E-state index in [9.17, 15) is 18.0 Å². The van der Waals surface area contributed by atoms with Crippen LogP contribution in [0.1, 0.15) is 40.0 Å². The number of esters is 1. The van der Waals surface area contributed by atoms with Gasteiger partial charge in [0.25, 0.3) is 0 Å². The van der Waals surface area contributed by atoms with E-state index in [1.54, 1.807) is 25.7 Å². The molecule has 0 aromatic heterocycles. The highest BCUT2D eigenvalue weighted by molar-refractivity contribution is 5.76. The Morgan fingerprint density at radius 1 is 1.33 bits per heavy atom. The number of hydrogen-bond acceptors (Lipinski definition) is 3. The Bertz CT molecular complexity index is 297. The number of halogens is 3. The zero-order valence-corrected chi connectivity index (χ0v) is 11.0. The molecular formula is C12H20F3NO2. The molecule has 1 saturated heterocycles. The van der Waals surface area contributed by atoms with Crippen molar-refractivity contribution in [3.05, 3.63) is 0 Å². The van der Waals surface area contributed by atoms with Gasteiger partial charge in [-0.2, -0.15) is 13.2 Å². The minimum Gasteiger partial charge on any atom is -0.459 e. The lowest BCUT2D eigenvalue weighted by molar-refractivity contribution is -0.163. The third-order valence-corrected chi connectivity index (χ3v) is 2.73. The highest BCUT2D eigenvalue weighted by atomic mass is 19.4. The van der Waals surface area contributed by atoms with Crippen LogP contribution in [0, 0.1) is 0 Å². The number of rotatable bonds is 3. The molecule has 1 fully saturated rings. The second-order valence-electron chi connectivity index (χ2n) is 5.59. The summed E-state index contributed by atoms with van der Waals surface area (Å²) in [4.78, 5) is 13.4. The summed E-state index contributed by atoms with van der Waals surface area (Å²) in [6.45, 7) is 5.65. The van der Waals surface area contributed by atoms with Crippen LogP contribution >= 0.6 is 0 Å². The van der Waals surface area contributed by atoms with Gasteiger partial charge in [-0.25, -0.2) is 0 Å². The Kier molecular flexibility index (Phi) is 4.64. The van der Waals surface area contributed by atoms with Crippen molar-refractivity contribution in [2.45, 2.75) is 57.9 Å². The highest BCUT2D eigenvalue weighted by Crippen LogP contribution is 2.25. The molecule has 1 rings (SSSR count). The maximum Gasteiger partial charge on any atom is 0.390 e. The highest BCUT2D eigenvalue weighted by Gasteiger charge is 2.36. The van der Waals surface area contributed by atoms with E-state index in [1.165, 1.54) is 0 Å². The van der Waals surface area contributed by atoms with Gasteiger partial charge in [0.05, 0.1) is 6.42 Å². The molecule has 18 heavy (non-hydrogen) atoms. The number of likely N-dealkylation sites (tertiary alicyclic amines) is 1. The minimum absolute atomic E-state index is 0.132. The Morgan fingerprint density at radius 3 is 2.44 bits per heavy atom. The normalized spacial score (nSPS) is 22.2. The summed E-state index contributed by atoms with van der Waals surface area (Å²) in [5.74, 6) is -0.415. The molecule has 0 aromatic rings. The second kappa shape index (κ2) is 5.47. The van der Waals surface area contributed by atoms with Crippen LogP contribution < -0.4 is 0 Å². The van der Waals surface area contributed by atoms with Crippen molar-refractivity contribution in [1.82, 2.24) is 4.90 Å². The van der Waals surface area contributed by atoms with E-state index in [0.29, 0.717) is 13.0 Å². The molecule has 6 heteroatoms. The third-order valence-electron chi connectivity index (χ3n) is 2.73. The molecule has 0 saturated carbocycles. The van der Waals surface area contributed by atoms with Gasteiger partial charge in [-0.1, -0.05) is 0 Å². The van der Waals surface area contributed by atoms with Gasteiger partial charge in [-0.3, -0.25) is 9.69 Å². The minimum atomic E-state index is -4.18. The summed E-state index contributed by atoms with van der Waals surface area (Å²) in [5, 5.41) is 0. The maximum absolute atomic E-state index is 12.2. The number of carbonyl (C=O) groups excluding carboxylic acids is 1. The van der Waals surface area contributed by atoms with Gasteiger partial charge >= 0.3 is 12.1 Å². The van der Waals surface area contributed by atoms with Crippen molar-refractivity contribution in [2.24, 2.45) is 0 Å². The van der Waals surface area contributed by atoms with Crippen LogP contribution in [0.5, 0.6) is 0 Å². The Balaban J connectivity index is 2.51. The molecule has 0 spiro atoms. The zero-order chi connectivity index (χ0) is 14.0. The summed E-state index contributed by atoms with van der Waals surface area (Å²) in [7, 11) is 0. The van der Waals surface area contributed by atoms with Crippen LogP contribution in [0.25, 0.3) is 0 Å². The molecule has 0 aliphatic carbocycles. The molecule has 1 heterocycles. The van der Waals surface area contributed by atoms with Crippen LogP contribution in [-0.2, 0) is 9.53 Å². The first-order valence-corrected chi connectivity index (χ1v) is 6.12. The summed E-state index contributed by atoms with van der Waals surface area (Å²) >= 11 is 0. The predicted molar refractivity (Wildman–Crippen MR) is 61.1 cm³/mol.